The van der Waals surface area contributed by atoms with Crippen molar-refractivity contribution in [3.05, 3.63) is 12.2 Å². The van der Waals surface area contributed by atoms with Crippen molar-refractivity contribution in [1.29, 1.82) is 0 Å². The van der Waals surface area contributed by atoms with E-state index in [0.29, 0.717) is 6.42 Å². The van der Waals surface area contributed by atoms with Gasteiger partial charge in [0.15, 0.2) is 0 Å². The van der Waals surface area contributed by atoms with Crippen molar-refractivity contribution in [1.82, 2.24) is 0 Å². The molecule has 0 radical (unpaired) electrons. The van der Waals surface area contributed by atoms with E-state index in [4.69, 9.17) is 0 Å². The minimum Gasteiger partial charge on any atom is -0.425 e. The molecule has 1 aliphatic rings. The highest BCUT2D eigenvalue weighted by Gasteiger charge is 2.39. The lowest BCUT2D eigenvalue weighted by molar-refractivity contribution is -0.195. The lowest BCUT2D eigenvalue weighted by Gasteiger charge is -2.22. The molecule has 1 atom stereocenters. The van der Waals surface area contributed by atoms with Crippen LogP contribution in [0.3, 0.4) is 0 Å². The average molecular weight is 238 g/mol. The molecule has 90 valence electrons. The van der Waals surface area contributed by atoms with Gasteiger partial charge in [0.1, 0.15) is 5.57 Å². The number of esters is 2. The van der Waals surface area contributed by atoms with Gasteiger partial charge in [-0.15, -0.1) is 0 Å². The number of alkyl halides is 3. The second-order valence-electron chi connectivity index (χ2n) is 3.19. The van der Waals surface area contributed by atoms with Crippen LogP contribution in [-0.2, 0) is 19.1 Å². The van der Waals surface area contributed by atoms with Crippen LogP contribution in [-0.4, -0.2) is 24.4 Å². The van der Waals surface area contributed by atoms with Gasteiger partial charge in [-0.05, 0) is 6.42 Å². The van der Waals surface area contributed by atoms with Gasteiger partial charge in [-0.2, -0.15) is 13.2 Å². The molecule has 1 aliphatic heterocycles. The summed E-state index contributed by atoms with van der Waals surface area (Å²) in [5.41, 5.74) is -1.62. The van der Waals surface area contributed by atoms with Crippen molar-refractivity contribution in [2.45, 2.75) is 31.7 Å². The van der Waals surface area contributed by atoms with Crippen molar-refractivity contribution in [3.8, 4) is 0 Å². The molecule has 1 unspecified atom stereocenters. The molecule has 0 saturated carbocycles. The largest absolute Gasteiger partial charge is 0.425 e. The Balaban J connectivity index is 2.51. The molecule has 7 heteroatoms. The fourth-order valence-electron chi connectivity index (χ4n) is 1.07. The third-order valence-electron chi connectivity index (χ3n) is 1.91. The molecule has 0 N–H and O–H groups in total. The zero-order chi connectivity index (χ0) is 12.3. The number of carbonyl (C=O) groups excluding carboxylic acids is 2. The average Bonchev–Trinajstić information content (AvgIpc) is 2.15. The first-order chi connectivity index (χ1) is 7.30. The summed E-state index contributed by atoms with van der Waals surface area (Å²) >= 11 is 0. The summed E-state index contributed by atoms with van der Waals surface area (Å²) in [6.07, 6.45) is -5.30. The van der Waals surface area contributed by atoms with Crippen LogP contribution in [0, 0.1) is 0 Å². The van der Waals surface area contributed by atoms with E-state index in [1.165, 1.54) is 0 Å². The van der Waals surface area contributed by atoms with E-state index in [1.54, 1.807) is 0 Å². The van der Waals surface area contributed by atoms with Gasteiger partial charge >= 0.3 is 18.1 Å². The number of halogens is 3. The second kappa shape index (κ2) is 4.54. The van der Waals surface area contributed by atoms with Gasteiger partial charge in [-0.25, -0.2) is 4.79 Å². The fourth-order valence-corrected chi connectivity index (χ4v) is 1.07. The fraction of sp³-hybridized carbons (Fsp3) is 0.556. The monoisotopic (exact) mass is 238 g/mol. The standard InChI is InChI=1S/C9H9F3O4/c1-5(9(10,11)12)8(14)16-7-4-2-3-6(13)15-7/h7H,1-4H2. The summed E-state index contributed by atoms with van der Waals surface area (Å²) in [4.78, 5) is 21.7. The summed E-state index contributed by atoms with van der Waals surface area (Å²) < 4.78 is 44.9. The SMILES string of the molecule is C=C(C(=O)OC1CCCC(=O)O1)C(F)(F)F. The number of cyclic esters (lactones) is 1. The van der Waals surface area contributed by atoms with E-state index in [9.17, 15) is 22.8 Å². The number of hydrogen-bond donors (Lipinski definition) is 0. The van der Waals surface area contributed by atoms with Crippen LogP contribution in [0.2, 0.25) is 0 Å². The van der Waals surface area contributed by atoms with Gasteiger partial charge in [-0.3, -0.25) is 4.79 Å². The molecular formula is C9H9F3O4. The van der Waals surface area contributed by atoms with Crippen molar-refractivity contribution in [2.24, 2.45) is 0 Å². The molecule has 1 saturated heterocycles. The predicted molar refractivity (Wildman–Crippen MR) is 45.0 cm³/mol. The number of carbonyl (C=O) groups is 2. The third-order valence-corrected chi connectivity index (χ3v) is 1.91. The van der Waals surface area contributed by atoms with E-state index in [1.807, 2.05) is 0 Å². The van der Waals surface area contributed by atoms with E-state index in [0.717, 1.165) is 0 Å². The summed E-state index contributed by atoms with van der Waals surface area (Å²) in [6, 6.07) is 0. The Morgan fingerprint density at radius 3 is 2.62 bits per heavy atom. The maximum absolute atomic E-state index is 12.0. The van der Waals surface area contributed by atoms with Crippen molar-refractivity contribution >= 4 is 11.9 Å². The molecule has 0 amide bonds. The number of hydrogen-bond acceptors (Lipinski definition) is 4. The molecule has 1 fully saturated rings. The lowest BCUT2D eigenvalue weighted by atomic mass is 10.2. The van der Waals surface area contributed by atoms with Gasteiger partial charge in [0.25, 0.3) is 0 Å². The molecule has 0 aliphatic carbocycles. The topological polar surface area (TPSA) is 52.6 Å². The number of ether oxygens (including phenoxy) is 2. The van der Waals surface area contributed by atoms with Gasteiger partial charge in [0.05, 0.1) is 0 Å². The molecule has 0 aromatic carbocycles. The first-order valence-electron chi connectivity index (χ1n) is 4.47. The molecule has 1 heterocycles. The van der Waals surface area contributed by atoms with Crippen molar-refractivity contribution < 1.29 is 32.2 Å². The van der Waals surface area contributed by atoms with Gasteiger partial charge in [0, 0.05) is 12.8 Å². The molecular weight excluding hydrogens is 229 g/mol. The maximum Gasteiger partial charge on any atom is 0.422 e. The highest BCUT2D eigenvalue weighted by Crippen LogP contribution is 2.26. The Morgan fingerprint density at radius 2 is 2.12 bits per heavy atom. The van der Waals surface area contributed by atoms with Gasteiger partial charge in [-0.1, -0.05) is 6.58 Å². The van der Waals surface area contributed by atoms with Crippen LogP contribution in [0.5, 0.6) is 0 Å². The molecule has 0 aromatic heterocycles. The molecule has 16 heavy (non-hydrogen) atoms. The predicted octanol–water partition coefficient (Wildman–Crippen LogP) is 1.70. The van der Waals surface area contributed by atoms with Crippen LogP contribution in [0.15, 0.2) is 12.2 Å². The van der Waals surface area contributed by atoms with Gasteiger partial charge in [0.2, 0.25) is 6.29 Å². The first-order valence-corrected chi connectivity index (χ1v) is 4.47. The van der Waals surface area contributed by atoms with Crippen molar-refractivity contribution in [2.75, 3.05) is 0 Å². The molecule has 1 rings (SSSR count). The quantitative estimate of drug-likeness (QED) is 0.542. The molecule has 0 bridgehead atoms. The molecule has 0 spiro atoms. The smallest absolute Gasteiger partial charge is 0.422 e. The summed E-state index contributed by atoms with van der Waals surface area (Å²) in [5.74, 6) is -2.21. The highest BCUT2D eigenvalue weighted by molar-refractivity contribution is 5.89. The summed E-state index contributed by atoms with van der Waals surface area (Å²) in [7, 11) is 0. The third kappa shape index (κ3) is 3.25. The number of rotatable bonds is 2. The summed E-state index contributed by atoms with van der Waals surface area (Å²) in [6.45, 7) is 2.57. The maximum atomic E-state index is 12.0. The Labute approximate surface area is 89.0 Å². The zero-order valence-electron chi connectivity index (χ0n) is 8.17. The van der Waals surface area contributed by atoms with E-state index >= 15 is 0 Å². The van der Waals surface area contributed by atoms with E-state index in [-0.39, 0.29) is 12.8 Å². The van der Waals surface area contributed by atoms with Crippen LogP contribution < -0.4 is 0 Å². The van der Waals surface area contributed by atoms with Crippen LogP contribution in [0.25, 0.3) is 0 Å². The van der Waals surface area contributed by atoms with Crippen LogP contribution in [0.4, 0.5) is 13.2 Å². The highest BCUT2D eigenvalue weighted by atomic mass is 19.4. The Kier molecular flexibility index (Phi) is 3.56. The molecule has 4 nitrogen and oxygen atoms in total. The first kappa shape index (κ1) is 12.5. The van der Waals surface area contributed by atoms with E-state index < -0.39 is 30.0 Å². The normalized spacial score (nSPS) is 21.2. The zero-order valence-corrected chi connectivity index (χ0v) is 8.17. The van der Waals surface area contributed by atoms with Gasteiger partial charge < -0.3 is 9.47 Å². The van der Waals surface area contributed by atoms with E-state index in [2.05, 4.69) is 16.1 Å². The summed E-state index contributed by atoms with van der Waals surface area (Å²) in [5, 5.41) is 0. The minimum atomic E-state index is -4.84. The van der Waals surface area contributed by atoms with Crippen LogP contribution in [0.1, 0.15) is 19.3 Å². The Morgan fingerprint density at radius 1 is 1.50 bits per heavy atom. The minimum absolute atomic E-state index is 0.175. The Hall–Kier alpha value is -1.53. The van der Waals surface area contributed by atoms with Crippen LogP contribution >= 0.6 is 0 Å². The van der Waals surface area contributed by atoms with Crippen molar-refractivity contribution in [3.63, 3.8) is 0 Å². The lowest BCUT2D eigenvalue weighted by Crippen LogP contribution is -2.31. The molecule has 0 aromatic rings. The Bertz CT molecular complexity index is 321. The second-order valence-corrected chi connectivity index (χ2v) is 3.19.